The zero-order chi connectivity index (χ0) is 11.2. The SMILES string of the molecule is C/C=C(\CC)[C@](C)(C#N)C(=O)OCC. The number of nitrogens with zero attached hydrogens (tertiary/aromatic N) is 1. The van der Waals surface area contributed by atoms with Crippen molar-refractivity contribution in [2.45, 2.75) is 34.1 Å². The number of ether oxygens (including phenoxy) is 1. The van der Waals surface area contributed by atoms with Crippen LogP contribution in [0, 0.1) is 16.7 Å². The van der Waals surface area contributed by atoms with Gasteiger partial charge >= 0.3 is 5.97 Å². The first-order valence-corrected chi connectivity index (χ1v) is 4.80. The van der Waals surface area contributed by atoms with Crippen molar-refractivity contribution < 1.29 is 9.53 Å². The number of carbonyl (C=O) groups is 1. The first-order valence-electron chi connectivity index (χ1n) is 4.80. The third-order valence-electron chi connectivity index (χ3n) is 2.28. The molecule has 0 aliphatic rings. The first-order chi connectivity index (χ1) is 6.56. The van der Waals surface area contributed by atoms with Crippen molar-refractivity contribution >= 4 is 5.97 Å². The molecule has 3 heteroatoms. The molecule has 0 aromatic carbocycles. The van der Waals surface area contributed by atoms with Gasteiger partial charge in [0.2, 0.25) is 0 Å². The van der Waals surface area contributed by atoms with E-state index in [1.807, 2.05) is 19.9 Å². The van der Waals surface area contributed by atoms with Gasteiger partial charge in [-0.25, -0.2) is 4.79 Å². The molecular weight excluding hydrogens is 178 g/mol. The van der Waals surface area contributed by atoms with Gasteiger partial charge in [0.05, 0.1) is 12.7 Å². The molecular formula is C11H17NO2. The van der Waals surface area contributed by atoms with Gasteiger partial charge in [-0.3, -0.25) is 0 Å². The minimum Gasteiger partial charge on any atom is -0.465 e. The summed E-state index contributed by atoms with van der Waals surface area (Å²) in [7, 11) is 0. The number of hydrogen-bond acceptors (Lipinski definition) is 3. The summed E-state index contributed by atoms with van der Waals surface area (Å²) in [5.41, 5.74) is -0.321. The summed E-state index contributed by atoms with van der Waals surface area (Å²) in [5, 5.41) is 9.02. The molecule has 0 radical (unpaired) electrons. The van der Waals surface area contributed by atoms with E-state index in [4.69, 9.17) is 10.00 Å². The normalized spacial score (nSPS) is 15.5. The molecule has 0 amide bonds. The highest BCUT2D eigenvalue weighted by molar-refractivity contribution is 5.83. The van der Waals surface area contributed by atoms with Crippen molar-refractivity contribution in [1.29, 1.82) is 5.26 Å². The summed E-state index contributed by atoms with van der Waals surface area (Å²) in [6, 6.07) is 2.02. The van der Waals surface area contributed by atoms with Gasteiger partial charge in [0.15, 0.2) is 5.41 Å². The third kappa shape index (κ3) is 2.35. The fourth-order valence-corrected chi connectivity index (χ4v) is 1.37. The van der Waals surface area contributed by atoms with E-state index in [2.05, 4.69) is 0 Å². The first kappa shape index (κ1) is 12.7. The number of nitriles is 1. The molecule has 0 spiro atoms. The molecule has 0 saturated heterocycles. The standard InChI is InChI=1S/C11H17NO2/c1-5-9(6-2)11(4,8-12)10(13)14-7-3/h5H,6-7H2,1-4H3/b9-5+/t11-/m0/s1. The van der Waals surface area contributed by atoms with Gasteiger partial charge in [-0.15, -0.1) is 0 Å². The lowest BCUT2D eigenvalue weighted by molar-refractivity contribution is -0.149. The van der Waals surface area contributed by atoms with Crippen LogP contribution in [-0.2, 0) is 9.53 Å². The number of hydrogen-bond donors (Lipinski definition) is 0. The minimum absolute atomic E-state index is 0.302. The van der Waals surface area contributed by atoms with Crippen LogP contribution in [0.5, 0.6) is 0 Å². The highest BCUT2D eigenvalue weighted by Crippen LogP contribution is 2.29. The number of allylic oxidation sites excluding steroid dienone is 1. The van der Waals surface area contributed by atoms with E-state index in [1.165, 1.54) is 0 Å². The van der Waals surface area contributed by atoms with Gasteiger partial charge in [-0.2, -0.15) is 5.26 Å². The van der Waals surface area contributed by atoms with E-state index in [0.717, 1.165) is 5.57 Å². The second-order valence-electron chi connectivity index (χ2n) is 3.12. The Hall–Kier alpha value is -1.30. The maximum Gasteiger partial charge on any atom is 0.330 e. The Kier molecular flexibility index (Phi) is 4.93. The Bertz CT molecular complexity index is 276. The molecule has 3 nitrogen and oxygen atoms in total. The number of carbonyl (C=O) groups excluding carboxylic acids is 1. The highest BCUT2D eigenvalue weighted by Gasteiger charge is 2.37. The van der Waals surface area contributed by atoms with Crippen LogP contribution in [0.3, 0.4) is 0 Å². The fraction of sp³-hybridized carbons (Fsp3) is 0.636. The molecule has 0 rings (SSSR count). The topological polar surface area (TPSA) is 50.1 Å². The molecule has 0 saturated carbocycles. The molecule has 78 valence electrons. The Morgan fingerprint density at radius 1 is 1.57 bits per heavy atom. The molecule has 0 aromatic heterocycles. The van der Waals surface area contributed by atoms with Crippen LogP contribution in [0.2, 0.25) is 0 Å². The molecule has 1 atom stereocenters. The van der Waals surface area contributed by atoms with E-state index in [0.29, 0.717) is 13.0 Å². The average molecular weight is 195 g/mol. The predicted octanol–water partition coefficient (Wildman–Crippen LogP) is 2.44. The summed E-state index contributed by atoms with van der Waals surface area (Å²) in [6.45, 7) is 7.38. The van der Waals surface area contributed by atoms with Gasteiger partial charge in [-0.05, 0) is 32.8 Å². The monoisotopic (exact) mass is 195 g/mol. The van der Waals surface area contributed by atoms with E-state index < -0.39 is 11.4 Å². The van der Waals surface area contributed by atoms with Crippen LogP contribution in [0.4, 0.5) is 0 Å². The van der Waals surface area contributed by atoms with Crippen molar-refractivity contribution in [3.05, 3.63) is 11.6 Å². The lowest BCUT2D eigenvalue weighted by Gasteiger charge is -2.21. The van der Waals surface area contributed by atoms with Gasteiger partial charge in [0.25, 0.3) is 0 Å². The molecule has 0 unspecified atom stereocenters. The maximum atomic E-state index is 11.6. The number of esters is 1. The van der Waals surface area contributed by atoms with Gasteiger partial charge in [0.1, 0.15) is 0 Å². The second kappa shape index (κ2) is 5.43. The lowest BCUT2D eigenvalue weighted by Crippen LogP contribution is -2.30. The Morgan fingerprint density at radius 3 is 2.43 bits per heavy atom. The van der Waals surface area contributed by atoms with Crippen molar-refractivity contribution in [2.75, 3.05) is 6.61 Å². The van der Waals surface area contributed by atoms with Crippen LogP contribution in [0.15, 0.2) is 11.6 Å². The summed E-state index contributed by atoms with van der Waals surface area (Å²) in [4.78, 5) is 11.6. The minimum atomic E-state index is -1.13. The third-order valence-corrected chi connectivity index (χ3v) is 2.28. The number of rotatable bonds is 4. The Balaban J connectivity index is 4.99. The van der Waals surface area contributed by atoms with Gasteiger partial charge in [-0.1, -0.05) is 13.0 Å². The van der Waals surface area contributed by atoms with Gasteiger partial charge < -0.3 is 4.74 Å². The molecule has 0 bridgehead atoms. The molecule has 0 aromatic rings. The van der Waals surface area contributed by atoms with Crippen molar-refractivity contribution in [1.82, 2.24) is 0 Å². The summed E-state index contributed by atoms with van der Waals surface area (Å²) in [6.07, 6.45) is 2.49. The summed E-state index contributed by atoms with van der Waals surface area (Å²) in [5.74, 6) is -0.461. The van der Waals surface area contributed by atoms with E-state index in [1.54, 1.807) is 19.9 Å². The molecule has 0 fully saturated rings. The average Bonchev–Trinajstić information content (AvgIpc) is 2.19. The molecule has 0 aliphatic carbocycles. The molecule has 0 aliphatic heterocycles. The van der Waals surface area contributed by atoms with Crippen LogP contribution in [-0.4, -0.2) is 12.6 Å². The van der Waals surface area contributed by atoms with Crippen LogP contribution < -0.4 is 0 Å². The van der Waals surface area contributed by atoms with Crippen molar-refractivity contribution in [3.8, 4) is 6.07 Å². The lowest BCUT2D eigenvalue weighted by atomic mass is 9.82. The quantitative estimate of drug-likeness (QED) is 0.511. The van der Waals surface area contributed by atoms with Crippen LogP contribution >= 0.6 is 0 Å². The second-order valence-corrected chi connectivity index (χ2v) is 3.12. The van der Waals surface area contributed by atoms with E-state index in [-0.39, 0.29) is 0 Å². The van der Waals surface area contributed by atoms with Gasteiger partial charge in [0, 0.05) is 0 Å². The smallest absolute Gasteiger partial charge is 0.330 e. The highest BCUT2D eigenvalue weighted by atomic mass is 16.5. The molecule has 0 heterocycles. The molecule has 0 N–H and O–H groups in total. The molecule has 14 heavy (non-hydrogen) atoms. The Labute approximate surface area is 85.4 Å². The summed E-state index contributed by atoms with van der Waals surface area (Å²) < 4.78 is 4.88. The van der Waals surface area contributed by atoms with E-state index >= 15 is 0 Å². The maximum absolute atomic E-state index is 11.6. The predicted molar refractivity (Wildman–Crippen MR) is 54.4 cm³/mol. The van der Waals surface area contributed by atoms with Crippen LogP contribution in [0.1, 0.15) is 34.1 Å². The zero-order valence-electron chi connectivity index (χ0n) is 9.26. The fourth-order valence-electron chi connectivity index (χ4n) is 1.37. The van der Waals surface area contributed by atoms with Crippen LogP contribution in [0.25, 0.3) is 0 Å². The Morgan fingerprint density at radius 2 is 2.14 bits per heavy atom. The van der Waals surface area contributed by atoms with E-state index in [9.17, 15) is 4.79 Å². The summed E-state index contributed by atoms with van der Waals surface area (Å²) >= 11 is 0. The zero-order valence-corrected chi connectivity index (χ0v) is 9.26. The van der Waals surface area contributed by atoms with Crippen molar-refractivity contribution in [2.24, 2.45) is 5.41 Å². The largest absolute Gasteiger partial charge is 0.465 e. The van der Waals surface area contributed by atoms with Crippen molar-refractivity contribution in [3.63, 3.8) is 0 Å².